The van der Waals surface area contributed by atoms with Crippen molar-refractivity contribution in [2.45, 2.75) is 32.1 Å². The lowest BCUT2D eigenvalue weighted by Crippen LogP contribution is -2.39. The molecule has 2 atom stereocenters. The van der Waals surface area contributed by atoms with Gasteiger partial charge in [0.25, 0.3) is 0 Å². The Kier molecular flexibility index (Phi) is 9.93. The summed E-state index contributed by atoms with van der Waals surface area (Å²) in [7, 11) is 3.20. The van der Waals surface area contributed by atoms with Crippen molar-refractivity contribution in [2.24, 2.45) is 0 Å². The summed E-state index contributed by atoms with van der Waals surface area (Å²) in [4.78, 5) is 0. The first-order valence-corrected chi connectivity index (χ1v) is 11.5. The molecule has 0 aliphatic carbocycles. The Labute approximate surface area is 201 Å². The number of hydrogen-bond donors (Lipinski definition) is 3. The maximum atomic E-state index is 10.0. The van der Waals surface area contributed by atoms with Gasteiger partial charge in [-0.1, -0.05) is 19.9 Å². The van der Waals surface area contributed by atoms with Crippen LogP contribution in [0.15, 0.2) is 36.4 Å². The first kappa shape index (κ1) is 25.7. The average molecular weight is 477 g/mol. The molecule has 2 aromatic carbocycles. The first-order valence-electron chi connectivity index (χ1n) is 11.5. The molecule has 1 aliphatic heterocycles. The van der Waals surface area contributed by atoms with Gasteiger partial charge in [-0.2, -0.15) is 0 Å². The lowest BCUT2D eigenvalue weighted by atomic mass is 10.2. The molecule has 3 N–H and O–H groups in total. The summed E-state index contributed by atoms with van der Waals surface area (Å²) in [6, 6.07) is 11.2. The number of methoxy groups -OCH3 is 2. The second kappa shape index (κ2) is 13.1. The number of rotatable bonds is 14. The molecule has 0 spiro atoms. The van der Waals surface area contributed by atoms with Crippen LogP contribution >= 0.6 is 0 Å². The lowest BCUT2D eigenvalue weighted by molar-refractivity contribution is 0.0870. The summed E-state index contributed by atoms with van der Waals surface area (Å²) < 4.78 is 34.2. The van der Waals surface area contributed by atoms with Crippen LogP contribution in [0.2, 0.25) is 0 Å². The van der Waals surface area contributed by atoms with Crippen LogP contribution in [0.4, 0.5) is 0 Å². The van der Waals surface area contributed by atoms with Gasteiger partial charge < -0.3 is 44.2 Å². The molecule has 1 heterocycles. The molecule has 9 heteroatoms. The highest BCUT2D eigenvalue weighted by Gasteiger charge is 2.21. The SMILES string of the molecule is COc1cccc(OC)c1OCCNC[C@@H]1COc2ccc(OC[C@@H](O)CNC(C)C)cc2O1. The maximum Gasteiger partial charge on any atom is 0.203 e. The minimum atomic E-state index is -0.592. The molecule has 0 aromatic heterocycles. The van der Waals surface area contributed by atoms with E-state index in [-0.39, 0.29) is 12.7 Å². The van der Waals surface area contributed by atoms with Crippen molar-refractivity contribution in [3.8, 4) is 34.5 Å². The van der Waals surface area contributed by atoms with Crippen LogP contribution in [-0.2, 0) is 0 Å². The van der Waals surface area contributed by atoms with Crippen molar-refractivity contribution < 1.29 is 33.5 Å². The largest absolute Gasteiger partial charge is 0.493 e. The second-order valence-corrected chi connectivity index (χ2v) is 8.23. The fourth-order valence-electron chi connectivity index (χ4n) is 3.36. The highest BCUT2D eigenvalue weighted by molar-refractivity contribution is 5.51. The zero-order valence-electron chi connectivity index (χ0n) is 20.3. The average Bonchev–Trinajstić information content (AvgIpc) is 2.85. The molecule has 0 bridgehead atoms. The van der Waals surface area contributed by atoms with Crippen molar-refractivity contribution >= 4 is 0 Å². The Morgan fingerprint density at radius 1 is 1.06 bits per heavy atom. The molecule has 0 radical (unpaired) electrons. The third-order valence-electron chi connectivity index (χ3n) is 5.12. The summed E-state index contributed by atoms with van der Waals surface area (Å²) >= 11 is 0. The van der Waals surface area contributed by atoms with E-state index in [0.717, 1.165) is 0 Å². The van der Waals surface area contributed by atoms with Gasteiger partial charge in [0, 0.05) is 31.7 Å². The second-order valence-electron chi connectivity index (χ2n) is 8.23. The number of aliphatic hydroxyl groups is 1. The van der Waals surface area contributed by atoms with Gasteiger partial charge in [-0.15, -0.1) is 0 Å². The van der Waals surface area contributed by atoms with Gasteiger partial charge in [0.15, 0.2) is 23.0 Å². The molecular weight excluding hydrogens is 440 g/mol. The Morgan fingerprint density at radius 3 is 2.53 bits per heavy atom. The fraction of sp³-hybridized carbons (Fsp3) is 0.520. The van der Waals surface area contributed by atoms with Gasteiger partial charge in [-0.3, -0.25) is 0 Å². The molecular formula is C25H36N2O7. The van der Waals surface area contributed by atoms with Crippen LogP contribution in [0.5, 0.6) is 34.5 Å². The highest BCUT2D eigenvalue weighted by Crippen LogP contribution is 2.37. The van der Waals surface area contributed by atoms with Gasteiger partial charge in [0.2, 0.25) is 5.75 Å². The standard InChI is InChI=1S/C25H36N2O7/c1-17(2)27-13-18(28)15-32-19-8-9-21-24(12-19)34-20(16-33-21)14-26-10-11-31-25-22(29-3)6-5-7-23(25)30-4/h5-9,12,17-18,20,26-28H,10-11,13-16H2,1-4H3/t18-,20+/m0/s1. The molecule has 34 heavy (non-hydrogen) atoms. The van der Waals surface area contributed by atoms with Crippen molar-refractivity contribution in [2.75, 3.05) is 53.7 Å². The molecule has 0 unspecified atom stereocenters. The zero-order chi connectivity index (χ0) is 24.3. The van der Waals surface area contributed by atoms with E-state index in [1.807, 2.05) is 44.2 Å². The van der Waals surface area contributed by atoms with E-state index in [1.54, 1.807) is 20.3 Å². The third-order valence-corrected chi connectivity index (χ3v) is 5.12. The molecule has 0 amide bonds. The summed E-state index contributed by atoms with van der Waals surface area (Å²) in [6.45, 7) is 6.82. The molecule has 1 aliphatic rings. The van der Waals surface area contributed by atoms with Crippen molar-refractivity contribution in [3.05, 3.63) is 36.4 Å². The number of para-hydroxylation sites is 1. The van der Waals surface area contributed by atoms with Gasteiger partial charge in [0.1, 0.15) is 37.8 Å². The Hall–Kier alpha value is -2.88. The van der Waals surface area contributed by atoms with Crippen molar-refractivity contribution in [1.82, 2.24) is 10.6 Å². The van der Waals surface area contributed by atoms with E-state index >= 15 is 0 Å². The number of nitrogens with one attached hydrogen (secondary N) is 2. The molecule has 188 valence electrons. The molecule has 2 aromatic rings. The minimum absolute atomic E-state index is 0.149. The summed E-state index contributed by atoms with van der Waals surface area (Å²) in [5, 5.41) is 16.5. The van der Waals surface area contributed by atoms with E-state index in [9.17, 15) is 5.11 Å². The van der Waals surface area contributed by atoms with Crippen molar-refractivity contribution in [3.63, 3.8) is 0 Å². The van der Waals surface area contributed by atoms with Crippen LogP contribution in [0.1, 0.15) is 13.8 Å². The van der Waals surface area contributed by atoms with Crippen LogP contribution in [0, 0.1) is 0 Å². The van der Waals surface area contributed by atoms with E-state index in [2.05, 4.69) is 10.6 Å². The number of fused-ring (bicyclic) bond motifs is 1. The summed E-state index contributed by atoms with van der Waals surface area (Å²) in [5.41, 5.74) is 0. The number of aliphatic hydroxyl groups excluding tert-OH is 1. The number of hydrogen-bond acceptors (Lipinski definition) is 9. The van der Waals surface area contributed by atoms with E-state index in [1.165, 1.54) is 0 Å². The number of ether oxygens (including phenoxy) is 6. The zero-order valence-corrected chi connectivity index (χ0v) is 20.3. The van der Waals surface area contributed by atoms with Crippen molar-refractivity contribution in [1.29, 1.82) is 0 Å². The van der Waals surface area contributed by atoms with Gasteiger partial charge in [-0.25, -0.2) is 0 Å². The summed E-state index contributed by atoms with van der Waals surface area (Å²) in [6.07, 6.45) is -0.741. The molecule has 0 saturated carbocycles. The van der Waals surface area contributed by atoms with Crippen LogP contribution in [-0.4, -0.2) is 77.0 Å². The highest BCUT2D eigenvalue weighted by atomic mass is 16.6. The Bertz CT molecular complexity index is 871. The Morgan fingerprint density at radius 2 is 1.82 bits per heavy atom. The smallest absolute Gasteiger partial charge is 0.203 e. The molecule has 0 fully saturated rings. The monoisotopic (exact) mass is 476 g/mol. The predicted molar refractivity (Wildman–Crippen MR) is 129 cm³/mol. The van der Waals surface area contributed by atoms with E-state index in [4.69, 9.17) is 28.4 Å². The summed E-state index contributed by atoms with van der Waals surface area (Å²) in [5.74, 6) is 3.76. The molecule has 9 nitrogen and oxygen atoms in total. The lowest BCUT2D eigenvalue weighted by Gasteiger charge is -2.27. The fourth-order valence-corrected chi connectivity index (χ4v) is 3.36. The van der Waals surface area contributed by atoms with E-state index in [0.29, 0.717) is 73.4 Å². The van der Waals surface area contributed by atoms with Crippen LogP contribution < -0.4 is 39.1 Å². The van der Waals surface area contributed by atoms with Crippen LogP contribution in [0.3, 0.4) is 0 Å². The third kappa shape index (κ3) is 7.58. The quantitative estimate of drug-likeness (QED) is 0.355. The number of benzene rings is 2. The van der Waals surface area contributed by atoms with E-state index < -0.39 is 6.10 Å². The Balaban J connectivity index is 1.42. The predicted octanol–water partition coefficient (Wildman–Crippen LogP) is 2.25. The maximum absolute atomic E-state index is 10.0. The molecule has 0 saturated heterocycles. The normalized spacial score (nSPS) is 15.6. The first-order chi connectivity index (χ1) is 16.5. The van der Waals surface area contributed by atoms with Gasteiger partial charge >= 0.3 is 0 Å². The van der Waals surface area contributed by atoms with Gasteiger partial charge in [0.05, 0.1) is 14.2 Å². The topological polar surface area (TPSA) is 99.7 Å². The minimum Gasteiger partial charge on any atom is -0.493 e. The molecule has 3 rings (SSSR count). The van der Waals surface area contributed by atoms with Crippen LogP contribution in [0.25, 0.3) is 0 Å². The van der Waals surface area contributed by atoms with Gasteiger partial charge in [-0.05, 0) is 24.3 Å².